The number of ether oxygens (including phenoxy) is 1. The summed E-state index contributed by atoms with van der Waals surface area (Å²) in [7, 11) is 0. The summed E-state index contributed by atoms with van der Waals surface area (Å²) in [6.45, 7) is 2.78. The zero-order valence-electron chi connectivity index (χ0n) is 10.9. The maximum Gasteiger partial charge on any atom is 0.185 e. The smallest absolute Gasteiger partial charge is 0.185 e. The highest BCUT2D eigenvalue weighted by Crippen LogP contribution is 2.13. The minimum atomic E-state index is -1.38. The molecule has 4 nitrogen and oxygen atoms in total. The van der Waals surface area contributed by atoms with Gasteiger partial charge in [0.1, 0.15) is 5.75 Å². The number of allylic oxidation sites excluding steroid dienone is 1. The Balaban J connectivity index is 2.51. The van der Waals surface area contributed by atoms with Gasteiger partial charge in [0.15, 0.2) is 5.78 Å². The molecule has 0 atom stereocenters. The lowest BCUT2D eigenvalue weighted by Gasteiger charge is -2.05. The summed E-state index contributed by atoms with van der Waals surface area (Å²) in [4.78, 5) is 21.7. The number of rotatable bonds is 8. The number of unbranched alkanes of at least 4 members (excludes halogenated alkanes) is 2. The molecule has 0 aliphatic heterocycles. The molecule has 0 saturated heterocycles. The predicted molar refractivity (Wildman–Crippen MR) is 69.9 cm³/mol. The zero-order valence-corrected chi connectivity index (χ0v) is 10.9. The van der Waals surface area contributed by atoms with Crippen LogP contribution in [0.1, 0.15) is 36.5 Å². The molecular formula is C15H17O4-. The summed E-state index contributed by atoms with van der Waals surface area (Å²) in [5.41, 5.74) is 0.415. The average Bonchev–Trinajstić information content (AvgIpc) is 2.41. The number of aliphatic carboxylic acids is 1. The molecule has 1 aromatic rings. The highest BCUT2D eigenvalue weighted by molar-refractivity contribution is 6.06. The van der Waals surface area contributed by atoms with Gasteiger partial charge in [0.05, 0.1) is 12.6 Å². The Kier molecular flexibility index (Phi) is 6.36. The second kappa shape index (κ2) is 8.08. The number of carboxylic acids is 1. The molecule has 0 heterocycles. The molecule has 0 bridgehead atoms. The van der Waals surface area contributed by atoms with Crippen molar-refractivity contribution < 1.29 is 19.4 Å². The maximum absolute atomic E-state index is 11.5. The van der Waals surface area contributed by atoms with Crippen molar-refractivity contribution in [2.75, 3.05) is 6.61 Å². The predicted octanol–water partition coefficient (Wildman–Crippen LogP) is 1.74. The summed E-state index contributed by atoms with van der Waals surface area (Å²) in [5.74, 6) is -1.05. The topological polar surface area (TPSA) is 66.4 Å². The average molecular weight is 261 g/mol. The quantitative estimate of drug-likeness (QED) is 0.406. The first-order valence-corrected chi connectivity index (χ1v) is 6.29. The molecule has 0 saturated carbocycles. The summed E-state index contributed by atoms with van der Waals surface area (Å²) in [6, 6.07) is 6.62. The normalized spacial score (nSPS) is 10.6. The Morgan fingerprint density at radius 1 is 1.16 bits per heavy atom. The fraction of sp³-hybridized carbons (Fsp3) is 0.333. The first kappa shape index (κ1) is 15.0. The second-order valence-corrected chi connectivity index (χ2v) is 4.10. The molecule has 1 rings (SSSR count). The van der Waals surface area contributed by atoms with Crippen LogP contribution in [0, 0.1) is 0 Å². The molecule has 0 aromatic heterocycles. The standard InChI is InChI=1S/C15H18O4/c1-2-3-4-11-19-13-7-5-12(6-8-13)14(16)9-10-15(17)18/h5-10H,2-4,11H2,1H3,(H,17,18)/p-1/b10-9+. The molecule has 0 aliphatic carbocycles. The minimum absolute atomic E-state index is 0.373. The SMILES string of the molecule is CCCCCOc1ccc(C(=O)/C=C/C(=O)[O-])cc1. The van der Waals surface area contributed by atoms with Crippen LogP contribution in [0.2, 0.25) is 0 Å². The molecule has 0 amide bonds. The van der Waals surface area contributed by atoms with E-state index in [1.165, 1.54) is 0 Å². The zero-order chi connectivity index (χ0) is 14.1. The van der Waals surface area contributed by atoms with E-state index >= 15 is 0 Å². The second-order valence-electron chi connectivity index (χ2n) is 4.10. The van der Waals surface area contributed by atoms with Gasteiger partial charge in [-0.2, -0.15) is 0 Å². The minimum Gasteiger partial charge on any atom is -0.545 e. The number of carbonyl (C=O) groups is 2. The first-order valence-electron chi connectivity index (χ1n) is 6.29. The van der Waals surface area contributed by atoms with Crippen LogP contribution in [0.15, 0.2) is 36.4 Å². The number of hydrogen-bond acceptors (Lipinski definition) is 4. The van der Waals surface area contributed by atoms with Gasteiger partial charge < -0.3 is 14.6 Å². The van der Waals surface area contributed by atoms with Gasteiger partial charge in [-0.25, -0.2) is 0 Å². The van der Waals surface area contributed by atoms with E-state index in [1.807, 2.05) is 0 Å². The van der Waals surface area contributed by atoms with E-state index in [0.29, 0.717) is 17.9 Å². The van der Waals surface area contributed by atoms with Crippen LogP contribution in [-0.4, -0.2) is 18.4 Å². The van der Waals surface area contributed by atoms with Gasteiger partial charge in [0.25, 0.3) is 0 Å². The van der Waals surface area contributed by atoms with Crippen molar-refractivity contribution in [2.24, 2.45) is 0 Å². The van der Waals surface area contributed by atoms with Crippen molar-refractivity contribution in [3.05, 3.63) is 42.0 Å². The van der Waals surface area contributed by atoms with E-state index in [0.717, 1.165) is 31.4 Å². The van der Waals surface area contributed by atoms with E-state index in [4.69, 9.17) is 4.74 Å². The monoisotopic (exact) mass is 261 g/mol. The molecule has 1 aromatic carbocycles. The first-order chi connectivity index (χ1) is 9.13. The van der Waals surface area contributed by atoms with Gasteiger partial charge in [-0.15, -0.1) is 0 Å². The Labute approximate surface area is 112 Å². The highest BCUT2D eigenvalue weighted by atomic mass is 16.5. The lowest BCUT2D eigenvalue weighted by molar-refractivity contribution is -0.297. The van der Waals surface area contributed by atoms with Crippen LogP contribution in [0.4, 0.5) is 0 Å². The summed E-state index contributed by atoms with van der Waals surface area (Å²) in [5, 5.41) is 10.2. The lowest BCUT2D eigenvalue weighted by Crippen LogP contribution is -2.19. The van der Waals surface area contributed by atoms with Crippen LogP contribution in [-0.2, 0) is 4.79 Å². The van der Waals surface area contributed by atoms with Crippen LogP contribution in [0.3, 0.4) is 0 Å². The summed E-state index contributed by atoms with van der Waals surface area (Å²) < 4.78 is 5.51. The molecule has 0 fully saturated rings. The Hall–Kier alpha value is -2.10. The van der Waals surface area contributed by atoms with Crippen LogP contribution >= 0.6 is 0 Å². The molecule has 19 heavy (non-hydrogen) atoms. The number of ketones is 1. The third-order valence-electron chi connectivity index (χ3n) is 2.53. The van der Waals surface area contributed by atoms with E-state index in [1.54, 1.807) is 24.3 Å². The van der Waals surface area contributed by atoms with Crippen LogP contribution in [0.5, 0.6) is 5.75 Å². The fourth-order valence-electron chi connectivity index (χ4n) is 1.50. The molecule has 0 unspecified atom stereocenters. The van der Waals surface area contributed by atoms with Crippen molar-refractivity contribution in [3.8, 4) is 5.75 Å². The van der Waals surface area contributed by atoms with Crippen LogP contribution < -0.4 is 9.84 Å². The number of carbonyl (C=O) groups excluding carboxylic acids is 2. The van der Waals surface area contributed by atoms with Crippen molar-refractivity contribution in [2.45, 2.75) is 26.2 Å². The van der Waals surface area contributed by atoms with E-state index in [-0.39, 0.29) is 5.78 Å². The van der Waals surface area contributed by atoms with E-state index in [9.17, 15) is 14.7 Å². The fourth-order valence-corrected chi connectivity index (χ4v) is 1.50. The highest BCUT2D eigenvalue weighted by Gasteiger charge is 2.02. The van der Waals surface area contributed by atoms with Crippen molar-refractivity contribution in [3.63, 3.8) is 0 Å². The van der Waals surface area contributed by atoms with Gasteiger partial charge in [-0.05, 0) is 42.8 Å². The molecule has 0 radical (unpaired) electrons. The van der Waals surface area contributed by atoms with Crippen molar-refractivity contribution in [1.82, 2.24) is 0 Å². The van der Waals surface area contributed by atoms with Gasteiger partial charge in [-0.1, -0.05) is 19.8 Å². The van der Waals surface area contributed by atoms with E-state index < -0.39 is 5.97 Å². The third-order valence-corrected chi connectivity index (χ3v) is 2.53. The van der Waals surface area contributed by atoms with Crippen LogP contribution in [0.25, 0.3) is 0 Å². The molecule has 102 valence electrons. The number of benzene rings is 1. The summed E-state index contributed by atoms with van der Waals surface area (Å²) in [6.07, 6.45) is 4.97. The summed E-state index contributed by atoms with van der Waals surface area (Å²) >= 11 is 0. The molecular weight excluding hydrogens is 244 g/mol. The number of carboxylic acid groups (broad SMARTS) is 1. The molecule has 0 spiro atoms. The van der Waals surface area contributed by atoms with Gasteiger partial charge >= 0.3 is 0 Å². The van der Waals surface area contributed by atoms with Gasteiger partial charge in [0, 0.05) is 5.56 Å². The lowest BCUT2D eigenvalue weighted by atomic mass is 10.1. The Bertz CT molecular complexity index is 446. The van der Waals surface area contributed by atoms with E-state index in [2.05, 4.69) is 6.92 Å². The maximum atomic E-state index is 11.5. The van der Waals surface area contributed by atoms with Crippen molar-refractivity contribution >= 4 is 11.8 Å². The molecule has 0 aliphatic rings. The third kappa shape index (κ3) is 5.86. The molecule has 4 heteroatoms. The molecule has 0 N–H and O–H groups in total. The largest absolute Gasteiger partial charge is 0.545 e. The Morgan fingerprint density at radius 3 is 2.42 bits per heavy atom. The van der Waals surface area contributed by atoms with Gasteiger partial charge in [-0.3, -0.25) is 4.79 Å². The van der Waals surface area contributed by atoms with Gasteiger partial charge in [0.2, 0.25) is 0 Å². The number of hydrogen-bond donors (Lipinski definition) is 0. The Morgan fingerprint density at radius 2 is 1.84 bits per heavy atom. The van der Waals surface area contributed by atoms with Crippen molar-refractivity contribution in [1.29, 1.82) is 0 Å².